The van der Waals surface area contributed by atoms with Crippen LogP contribution in [0.5, 0.6) is 0 Å². The Kier molecular flexibility index (Phi) is 9.92. The predicted molar refractivity (Wildman–Crippen MR) is 53.6 cm³/mol. The first kappa shape index (κ1) is 13.5. The Bertz CT molecular complexity index is 69.3. The van der Waals surface area contributed by atoms with Crippen LogP contribution in [0.4, 0.5) is 0 Å². The van der Waals surface area contributed by atoms with Gasteiger partial charge in [0.05, 0.1) is 0 Å². The summed E-state index contributed by atoms with van der Waals surface area (Å²) in [6.07, 6.45) is 3.84. The van der Waals surface area contributed by atoms with Gasteiger partial charge in [0.2, 0.25) is 0 Å². The minimum absolute atomic E-state index is 0. The molecule has 1 atom stereocenters. The molecule has 0 aromatic rings. The molecule has 0 rings (SSSR count). The van der Waals surface area contributed by atoms with Crippen LogP contribution in [0.3, 0.4) is 0 Å². The van der Waals surface area contributed by atoms with E-state index in [1.807, 2.05) is 0 Å². The summed E-state index contributed by atoms with van der Waals surface area (Å²) < 4.78 is 0. The van der Waals surface area contributed by atoms with Crippen molar-refractivity contribution < 1.29 is 0 Å². The van der Waals surface area contributed by atoms with Crippen molar-refractivity contribution in [3.63, 3.8) is 0 Å². The van der Waals surface area contributed by atoms with Crippen molar-refractivity contribution in [2.24, 2.45) is 17.6 Å². The monoisotopic (exact) mass is 159 g/mol. The lowest BCUT2D eigenvalue weighted by Gasteiger charge is -2.12. The molecule has 0 saturated carbocycles. The number of hydrogen-bond acceptors (Lipinski definition) is 1. The molecule has 0 saturated heterocycles. The van der Waals surface area contributed by atoms with E-state index in [1.165, 1.54) is 19.3 Å². The molecule has 0 fully saturated rings. The van der Waals surface area contributed by atoms with Crippen LogP contribution < -0.4 is 5.73 Å². The maximum absolute atomic E-state index is 5.41. The van der Waals surface area contributed by atoms with Crippen molar-refractivity contribution in [1.29, 1.82) is 0 Å². The molecule has 0 spiro atoms. The first-order chi connectivity index (χ1) is 4.66. The molecule has 1 unspecified atom stereocenters. The Morgan fingerprint density at radius 2 is 1.73 bits per heavy atom. The van der Waals surface area contributed by atoms with Crippen LogP contribution in [-0.2, 0) is 0 Å². The van der Waals surface area contributed by atoms with Gasteiger partial charge >= 0.3 is 0 Å². The molecule has 1 heteroatoms. The third kappa shape index (κ3) is 9.96. The fourth-order valence-corrected chi connectivity index (χ4v) is 1.39. The SMILES string of the molecule is C.CC(C)CC(C)CCCN. The first-order valence-electron chi connectivity index (χ1n) is 4.37. The lowest BCUT2D eigenvalue weighted by molar-refractivity contribution is 0.408. The minimum Gasteiger partial charge on any atom is -0.330 e. The van der Waals surface area contributed by atoms with Crippen molar-refractivity contribution >= 4 is 0 Å². The Labute approximate surface area is 72.4 Å². The normalized spacial score (nSPS) is 12.8. The summed E-state index contributed by atoms with van der Waals surface area (Å²) in [5.74, 6) is 1.70. The van der Waals surface area contributed by atoms with E-state index in [2.05, 4.69) is 20.8 Å². The maximum Gasteiger partial charge on any atom is -0.00772 e. The summed E-state index contributed by atoms with van der Waals surface area (Å²) in [4.78, 5) is 0. The van der Waals surface area contributed by atoms with Gasteiger partial charge in [-0.2, -0.15) is 0 Å². The Balaban J connectivity index is 0. The van der Waals surface area contributed by atoms with Gasteiger partial charge < -0.3 is 5.73 Å². The third-order valence-corrected chi connectivity index (χ3v) is 1.77. The molecule has 0 aliphatic rings. The van der Waals surface area contributed by atoms with E-state index < -0.39 is 0 Å². The zero-order chi connectivity index (χ0) is 7.98. The highest BCUT2D eigenvalue weighted by atomic mass is 14.5. The Morgan fingerprint density at radius 3 is 2.09 bits per heavy atom. The fraction of sp³-hybridized carbons (Fsp3) is 1.00. The number of rotatable bonds is 5. The van der Waals surface area contributed by atoms with Gasteiger partial charge in [-0.1, -0.05) is 28.2 Å². The van der Waals surface area contributed by atoms with Crippen molar-refractivity contribution in [3.8, 4) is 0 Å². The van der Waals surface area contributed by atoms with Crippen LogP contribution >= 0.6 is 0 Å². The van der Waals surface area contributed by atoms with Gasteiger partial charge in [-0.05, 0) is 37.6 Å². The Hall–Kier alpha value is -0.0400. The summed E-state index contributed by atoms with van der Waals surface area (Å²) in [7, 11) is 0. The highest BCUT2D eigenvalue weighted by Gasteiger charge is 2.03. The van der Waals surface area contributed by atoms with Crippen molar-refractivity contribution in [1.82, 2.24) is 0 Å². The van der Waals surface area contributed by atoms with Gasteiger partial charge in [0.1, 0.15) is 0 Å². The number of nitrogens with two attached hydrogens (primary N) is 1. The smallest absolute Gasteiger partial charge is 0.00772 e. The van der Waals surface area contributed by atoms with Crippen LogP contribution in [0.15, 0.2) is 0 Å². The molecule has 70 valence electrons. The van der Waals surface area contributed by atoms with E-state index in [4.69, 9.17) is 5.73 Å². The highest BCUT2D eigenvalue weighted by Crippen LogP contribution is 2.15. The van der Waals surface area contributed by atoms with Gasteiger partial charge in [-0.15, -0.1) is 0 Å². The van der Waals surface area contributed by atoms with Crippen LogP contribution in [0, 0.1) is 11.8 Å². The second kappa shape index (κ2) is 8.06. The molecule has 0 aliphatic carbocycles. The lowest BCUT2D eigenvalue weighted by Crippen LogP contribution is -2.04. The van der Waals surface area contributed by atoms with E-state index in [0.717, 1.165) is 18.4 Å². The van der Waals surface area contributed by atoms with Crippen LogP contribution in [0.1, 0.15) is 47.5 Å². The lowest BCUT2D eigenvalue weighted by atomic mass is 9.95. The topological polar surface area (TPSA) is 26.0 Å². The second-order valence-corrected chi connectivity index (χ2v) is 3.67. The van der Waals surface area contributed by atoms with Gasteiger partial charge in [0.25, 0.3) is 0 Å². The van der Waals surface area contributed by atoms with E-state index >= 15 is 0 Å². The molecule has 0 amide bonds. The highest BCUT2D eigenvalue weighted by molar-refractivity contribution is 4.56. The zero-order valence-corrected chi connectivity index (χ0v) is 7.56. The van der Waals surface area contributed by atoms with Gasteiger partial charge in [0, 0.05) is 0 Å². The summed E-state index contributed by atoms with van der Waals surface area (Å²) >= 11 is 0. The summed E-state index contributed by atoms with van der Waals surface area (Å²) in [5, 5.41) is 0. The van der Waals surface area contributed by atoms with Crippen LogP contribution in [0.2, 0.25) is 0 Å². The predicted octanol–water partition coefficient (Wildman–Crippen LogP) is 3.04. The molecule has 0 heterocycles. The average molecular weight is 159 g/mol. The third-order valence-electron chi connectivity index (χ3n) is 1.77. The molecule has 1 nitrogen and oxygen atoms in total. The quantitative estimate of drug-likeness (QED) is 0.655. The summed E-state index contributed by atoms with van der Waals surface area (Å²) in [6, 6.07) is 0. The maximum atomic E-state index is 5.41. The first-order valence-corrected chi connectivity index (χ1v) is 4.37. The van der Waals surface area contributed by atoms with E-state index in [-0.39, 0.29) is 7.43 Å². The summed E-state index contributed by atoms with van der Waals surface area (Å²) in [6.45, 7) is 7.72. The van der Waals surface area contributed by atoms with Gasteiger partial charge in [0.15, 0.2) is 0 Å². The molecule has 0 aliphatic heterocycles. The number of hydrogen-bond donors (Lipinski definition) is 1. The van der Waals surface area contributed by atoms with Crippen molar-refractivity contribution in [2.75, 3.05) is 6.54 Å². The molecule has 0 bridgehead atoms. The zero-order valence-electron chi connectivity index (χ0n) is 7.56. The Morgan fingerprint density at radius 1 is 1.18 bits per heavy atom. The molecule has 0 aromatic heterocycles. The van der Waals surface area contributed by atoms with E-state index in [0.29, 0.717) is 0 Å². The fourth-order valence-electron chi connectivity index (χ4n) is 1.39. The van der Waals surface area contributed by atoms with Crippen molar-refractivity contribution in [3.05, 3.63) is 0 Å². The van der Waals surface area contributed by atoms with Gasteiger partial charge in [-0.25, -0.2) is 0 Å². The standard InChI is InChI=1S/C9H21N.CH4/c1-8(2)7-9(3)5-4-6-10;/h8-9H,4-7,10H2,1-3H3;1H4. The molecule has 11 heavy (non-hydrogen) atoms. The second-order valence-electron chi connectivity index (χ2n) is 3.67. The molecule has 0 aromatic carbocycles. The summed E-state index contributed by atoms with van der Waals surface area (Å²) in [5.41, 5.74) is 5.41. The van der Waals surface area contributed by atoms with E-state index in [9.17, 15) is 0 Å². The van der Waals surface area contributed by atoms with Gasteiger partial charge in [-0.3, -0.25) is 0 Å². The minimum atomic E-state index is 0. The van der Waals surface area contributed by atoms with E-state index in [1.54, 1.807) is 0 Å². The van der Waals surface area contributed by atoms with Crippen LogP contribution in [-0.4, -0.2) is 6.54 Å². The molecule has 2 N–H and O–H groups in total. The largest absolute Gasteiger partial charge is 0.330 e. The van der Waals surface area contributed by atoms with Crippen LogP contribution in [0.25, 0.3) is 0 Å². The molecular formula is C10H25N. The molecule has 0 radical (unpaired) electrons. The molecular weight excluding hydrogens is 134 g/mol. The average Bonchev–Trinajstić information content (AvgIpc) is 1.82. The van der Waals surface area contributed by atoms with Crippen molar-refractivity contribution in [2.45, 2.75) is 47.5 Å².